The Bertz CT molecular complexity index is 1090. The van der Waals surface area contributed by atoms with E-state index in [-0.39, 0.29) is 17.0 Å². The number of para-hydroxylation sites is 1. The first-order valence-electron chi connectivity index (χ1n) is 8.62. The second kappa shape index (κ2) is 7.37. The van der Waals surface area contributed by atoms with Crippen LogP contribution in [0.15, 0.2) is 73.2 Å². The molecule has 0 saturated carbocycles. The molecule has 0 fully saturated rings. The normalized spacial score (nSPS) is 10.9. The summed E-state index contributed by atoms with van der Waals surface area (Å²) in [5, 5.41) is 7.76. The van der Waals surface area contributed by atoms with E-state index in [1.807, 2.05) is 36.5 Å². The van der Waals surface area contributed by atoms with Crippen LogP contribution in [0.5, 0.6) is 0 Å². The molecule has 0 aliphatic heterocycles. The second-order valence-corrected chi connectivity index (χ2v) is 6.17. The number of rotatable bonds is 5. The summed E-state index contributed by atoms with van der Waals surface area (Å²) in [6, 6.07) is 16.1. The number of pyridine rings is 1. The van der Waals surface area contributed by atoms with Gasteiger partial charge in [-0.25, -0.2) is 9.07 Å². The summed E-state index contributed by atoms with van der Waals surface area (Å²) in [6.07, 6.45) is 5.88. The molecule has 0 saturated heterocycles. The summed E-state index contributed by atoms with van der Waals surface area (Å²) in [5.41, 5.74) is 2.54. The Morgan fingerprint density at radius 1 is 1.11 bits per heavy atom. The predicted molar refractivity (Wildman–Crippen MR) is 101 cm³/mol. The number of nitrogens with one attached hydrogen (secondary N) is 1. The molecule has 134 valence electrons. The lowest BCUT2D eigenvalue weighted by Gasteiger charge is -2.06. The van der Waals surface area contributed by atoms with E-state index in [2.05, 4.69) is 15.4 Å². The SMILES string of the molecule is O=C(NCCc1cnn(-c2ccccc2)c1)c1cc(F)c2ncccc2c1. The highest BCUT2D eigenvalue weighted by Gasteiger charge is 2.11. The Morgan fingerprint density at radius 3 is 2.81 bits per heavy atom. The molecule has 4 aromatic rings. The molecular weight excluding hydrogens is 343 g/mol. The van der Waals surface area contributed by atoms with Crippen LogP contribution in [0, 0.1) is 5.82 Å². The molecule has 0 radical (unpaired) electrons. The number of fused-ring (bicyclic) bond motifs is 1. The Hall–Kier alpha value is -3.54. The van der Waals surface area contributed by atoms with Gasteiger partial charge in [0, 0.05) is 29.9 Å². The van der Waals surface area contributed by atoms with Crippen LogP contribution in [-0.4, -0.2) is 27.2 Å². The summed E-state index contributed by atoms with van der Waals surface area (Å²) < 4.78 is 15.9. The van der Waals surface area contributed by atoms with Gasteiger partial charge in [-0.1, -0.05) is 24.3 Å². The topological polar surface area (TPSA) is 59.8 Å². The first kappa shape index (κ1) is 16.9. The largest absolute Gasteiger partial charge is 0.352 e. The summed E-state index contributed by atoms with van der Waals surface area (Å²) in [7, 11) is 0. The van der Waals surface area contributed by atoms with E-state index in [0.29, 0.717) is 18.4 Å². The van der Waals surface area contributed by atoms with Crippen molar-refractivity contribution in [1.29, 1.82) is 0 Å². The third kappa shape index (κ3) is 3.69. The summed E-state index contributed by atoms with van der Waals surface area (Å²) in [6.45, 7) is 0.437. The zero-order valence-corrected chi connectivity index (χ0v) is 14.5. The van der Waals surface area contributed by atoms with Crippen molar-refractivity contribution in [3.63, 3.8) is 0 Å². The van der Waals surface area contributed by atoms with Gasteiger partial charge in [0.2, 0.25) is 0 Å². The number of hydrogen-bond donors (Lipinski definition) is 1. The Morgan fingerprint density at radius 2 is 1.96 bits per heavy atom. The van der Waals surface area contributed by atoms with E-state index >= 15 is 0 Å². The molecule has 0 bridgehead atoms. The minimum Gasteiger partial charge on any atom is -0.352 e. The molecule has 4 rings (SSSR count). The highest BCUT2D eigenvalue weighted by Crippen LogP contribution is 2.17. The van der Waals surface area contributed by atoms with Crippen LogP contribution in [0.1, 0.15) is 15.9 Å². The van der Waals surface area contributed by atoms with Gasteiger partial charge < -0.3 is 5.32 Å². The maximum absolute atomic E-state index is 14.1. The number of hydrogen-bond acceptors (Lipinski definition) is 3. The zero-order valence-electron chi connectivity index (χ0n) is 14.5. The van der Waals surface area contributed by atoms with E-state index in [0.717, 1.165) is 11.3 Å². The molecule has 1 amide bonds. The van der Waals surface area contributed by atoms with Crippen molar-refractivity contribution in [1.82, 2.24) is 20.1 Å². The highest BCUT2D eigenvalue weighted by molar-refractivity contribution is 5.98. The lowest BCUT2D eigenvalue weighted by atomic mass is 10.1. The van der Waals surface area contributed by atoms with Gasteiger partial charge in [0.15, 0.2) is 0 Å². The fourth-order valence-corrected chi connectivity index (χ4v) is 2.91. The van der Waals surface area contributed by atoms with Crippen molar-refractivity contribution in [3.05, 3.63) is 90.1 Å². The summed E-state index contributed by atoms with van der Waals surface area (Å²) in [4.78, 5) is 16.3. The number of aromatic nitrogens is 3. The fraction of sp³-hybridized carbons (Fsp3) is 0.0952. The Labute approximate surface area is 155 Å². The third-order valence-corrected chi connectivity index (χ3v) is 4.28. The molecule has 0 aliphatic rings. The molecule has 6 heteroatoms. The smallest absolute Gasteiger partial charge is 0.251 e. The number of benzene rings is 2. The average Bonchev–Trinajstić information content (AvgIpc) is 3.17. The molecule has 0 atom stereocenters. The van der Waals surface area contributed by atoms with Gasteiger partial charge in [0.05, 0.1) is 11.9 Å². The number of carbonyl (C=O) groups excluding carboxylic acids is 1. The molecular formula is C21H17FN4O. The molecule has 2 aromatic carbocycles. The standard InChI is InChI=1S/C21H17FN4O/c22-19-12-17(11-16-5-4-9-23-20(16)19)21(27)24-10-8-15-13-25-26(14-15)18-6-2-1-3-7-18/h1-7,9,11-14H,8,10H2,(H,24,27). The van der Waals surface area contributed by atoms with E-state index in [1.165, 1.54) is 12.3 Å². The molecule has 2 heterocycles. The minimum absolute atomic E-state index is 0.266. The van der Waals surface area contributed by atoms with E-state index < -0.39 is 5.82 Å². The number of carbonyl (C=O) groups is 1. The van der Waals surface area contributed by atoms with Crippen molar-refractivity contribution in [3.8, 4) is 5.69 Å². The predicted octanol–water partition coefficient (Wildman–Crippen LogP) is 3.53. The van der Waals surface area contributed by atoms with Crippen LogP contribution in [0.3, 0.4) is 0 Å². The van der Waals surface area contributed by atoms with Gasteiger partial charge in [-0.05, 0) is 42.3 Å². The Kier molecular flexibility index (Phi) is 4.61. The lowest BCUT2D eigenvalue weighted by Crippen LogP contribution is -2.25. The monoisotopic (exact) mass is 360 g/mol. The molecule has 1 N–H and O–H groups in total. The van der Waals surface area contributed by atoms with E-state index in [9.17, 15) is 9.18 Å². The van der Waals surface area contributed by atoms with Gasteiger partial charge in [0.25, 0.3) is 5.91 Å². The van der Waals surface area contributed by atoms with Crippen LogP contribution in [0.2, 0.25) is 0 Å². The van der Waals surface area contributed by atoms with Gasteiger partial charge in [-0.2, -0.15) is 5.10 Å². The first-order chi connectivity index (χ1) is 13.2. The van der Waals surface area contributed by atoms with Crippen LogP contribution < -0.4 is 5.32 Å². The third-order valence-electron chi connectivity index (χ3n) is 4.28. The number of amides is 1. The van der Waals surface area contributed by atoms with Crippen LogP contribution in [0.4, 0.5) is 4.39 Å². The van der Waals surface area contributed by atoms with Gasteiger partial charge >= 0.3 is 0 Å². The molecule has 0 spiro atoms. The maximum Gasteiger partial charge on any atom is 0.251 e. The van der Waals surface area contributed by atoms with Crippen molar-refractivity contribution in [2.24, 2.45) is 0 Å². The number of nitrogens with zero attached hydrogens (tertiary/aromatic N) is 3. The number of halogens is 1. The minimum atomic E-state index is -0.498. The van der Waals surface area contributed by atoms with Gasteiger partial charge in [-0.3, -0.25) is 9.78 Å². The first-order valence-corrected chi connectivity index (χ1v) is 8.62. The van der Waals surface area contributed by atoms with Crippen LogP contribution >= 0.6 is 0 Å². The summed E-state index contributed by atoms with van der Waals surface area (Å²) in [5.74, 6) is -0.808. The van der Waals surface area contributed by atoms with Crippen LogP contribution in [0.25, 0.3) is 16.6 Å². The summed E-state index contributed by atoms with van der Waals surface area (Å²) >= 11 is 0. The molecule has 2 aromatic heterocycles. The lowest BCUT2D eigenvalue weighted by molar-refractivity contribution is 0.0954. The maximum atomic E-state index is 14.1. The average molecular weight is 360 g/mol. The fourth-order valence-electron chi connectivity index (χ4n) is 2.91. The molecule has 27 heavy (non-hydrogen) atoms. The van der Waals surface area contributed by atoms with Crippen molar-refractivity contribution < 1.29 is 9.18 Å². The zero-order chi connectivity index (χ0) is 18.6. The highest BCUT2D eigenvalue weighted by atomic mass is 19.1. The van der Waals surface area contributed by atoms with Gasteiger partial charge in [0.1, 0.15) is 11.3 Å². The Balaban J connectivity index is 1.39. The quantitative estimate of drug-likeness (QED) is 0.592. The molecule has 5 nitrogen and oxygen atoms in total. The van der Waals surface area contributed by atoms with Crippen molar-refractivity contribution >= 4 is 16.8 Å². The van der Waals surface area contributed by atoms with Gasteiger partial charge in [-0.15, -0.1) is 0 Å². The van der Waals surface area contributed by atoms with Crippen molar-refractivity contribution in [2.75, 3.05) is 6.54 Å². The molecule has 0 unspecified atom stereocenters. The van der Waals surface area contributed by atoms with Crippen molar-refractivity contribution in [2.45, 2.75) is 6.42 Å². The molecule has 0 aliphatic carbocycles. The van der Waals surface area contributed by atoms with E-state index in [1.54, 1.807) is 29.1 Å². The van der Waals surface area contributed by atoms with E-state index in [4.69, 9.17) is 0 Å². The second-order valence-electron chi connectivity index (χ2n) is 6.17. The van der Waals surface area contributed by atoms with Crippen LogP contribution in [-0.2, 0) is 6.42 Å².